The van der Waals surface area contributed by atoms with Crippen molar-refractivity contribution >= 4 is 33.1 Å². The van der Waals surface area contributed by atoms with Crippen molar-refractivity contribution in [1.29, 1.82) is 5.41 Å². The first-order chi connectivity index (χ1) is 9.16. The Morgan fingerprint density at radius 1 is 1.16 bits per heavy atom. The number of para-hydroxylation sites is 1. The van der Waals surface area contributed by atoms with Crippen LogP contribution in [0.25, 0.3) is 0 Å². The first-order valence-electron chi connectivity index (χ1n) is 6.16. The van der Waals surface area contributed by atoms with Crippen molar-refractivity contribution < 1.29 is 0 Å². The molecular weight excluding hydrogens is 302 g/mol. The van der Waals surface area contributed by atoms with Gasteiger partial charge >= 0.3 is 0 Å². The van der Waals surface area contributed by atoms with Gasteiger partial charge in [0.05, 0.1) is 5.69 Å². The molecule has 0 saturated carbocycles. The molecule has 1 aliphatic heterocycles. The van der Waals surface area contributed by atoms with E-state index in [1.165, 1.54) is 11.3 Å². The van der Waals surface area contributed by atoms with E-state index >= 15 is 0 Å². The predicted molar refractivity (Wildman–Crippen MR) is 82.3 cm³/mol. The van der Waals surface area contributed by atoms with Gasteiger partial charge in [0.2, 0.25) is 0 Å². The number of anilines is 2. The Morgan fingerprint density at radius 3 is 2.74 bits per heavy atom. The van der Waals surface area contributed by atoms with Crippen LogP contribution in [0.4, 0.5) is 11.4 Å². The van der Waals surface area contributed by atoms with Gasteiger partial charge in [-0.2, -0.15) is 0 Å². The zero-order chi connectivity index (χ0) is 13.4. The number of rotatable bonds is 2. The molecule has 1 aliphatic rings. The van der Waals surface area contributed by atoms with E-state index < -0.39 is 0 Å². The monoisotopic (exact) mass is 315 g/mol. The van der Waals surface area contributed by atoms with Crippen LogP contribution >= 0.6 is 15.9 Å². The minimum Gasteiger partial charge on any atom is -0.384 e. The molecule has 2 aromatic carbocycles. The lowest BCUT2D eigenvalue weighted by atomic mass is 10.1. The smallest absolute Gasteiger partial charge is 0.124 e. The van der Waals surface area contributed by atoms with E-state index in [1.807, 2.05) is 24.3 Å². The van der Waals surface area contributed by atoms with Gasteiger partial charge in [-0.1, -0.05) is 34.1 Å². The average molecular weight is 316 g/mol. The second kappa shape index (κ2) is 4.70. The molecule has 0 aliphatic carbocycles. The molecule has 2 aromatic rings. The number of benzene rings is 2. The lowest BCUT2D eigenvalue weighted by molar-refractivity contribution is 0.996. The number of nitrogens with one attached hydrogen (secondary N) is 1. The minimum atomic E-state index is 0.0979. The lowest BCUT2D eigenvalue weighted by Crippen LogP contribution is -2.20. The Hall–Kier alpha value is -1.81. The molecule has 0 amide bonds. The maximum atomic E-state index is 7.75. The summed E-state index contributed by atoms with van der Waals surface area (Å²) in [4.78, 5) is 2.23. The molecule has 0 fully saturated rings. The number of nitrogens with two attached hydrogens (primary N) is 1. The summed E-state index contributed by atoms with van der Waals surface area (Å²) in [6, 6.07) is 14.3. The number of hydrogen-bond acceptors (Lipinski definition) is 2. The second-order valence-electron chi connectivity index (χ2n) is 4.61. The fraction of sp³-hybridized carbons (Fsp3) is 0.133. The van der Waals surface area contributed by atoms with Crippen molar-refractivity contribution in [3.05, 3.63) is 58.1 Å². The lowest BCUT2D eigenvalue weighted by Gasteiger charge is -2.22. The number of nitrogens with zero attached hydrogens (tertiary/aromatic N) is 1. The largest absolute Gasteiger partial charge is 0.384 e. The van der Waals surface area contributed by atoms with E-state index in [0.29, 0.717) is 0 Å². The van der Waals surface area contributed by atoms with Crippen LogP contribution in [-0.4, -0.2) is 12.4 Å². The third kappa shape index (κ3) is 2.12. The number of amidine groups is 1. The van der Waals surface area contributed by atoms with Crippen molar-refractivity contribution in [2.45, 2.75) is 6.42 Å². The van der Waals surface area contributed by atoms with Crippen molar-refractivity contribution in [2.75, 3.05) is 11.4 Å². The Morgan fingerprint density at radius 2 is 1.95 bits per heavy atom. The van der Waals surface area contributed by atoms with Crippen LogP contribution in [0.3, 0.4) is 0 Å². The Bertz CT molecular complexity index is 652. The third-order valence-corrected chi connectivity index (χ3v) is 3.92. The number of hydrogen-bond donors (Lipinski definition) is 2. The van der Waals surface area contributed by atoms with E-state index in [2.05, 4.69) is 39.0 Å². The fourth-order valence-electron chi connectivity index (χ4n) is 2.55. The van der Waals surface area contributed by atoms with Crippen LogP contribution in [0, 0.1) is 5.41 Å². The summed E-state index contributed by atoms with van der Waals surface area (Å²) in [5.41, 5.74) is 10.0. The summed E-state index contributed by atoms with van der Waals surface area (Å²) in [7, 11) is 0. The van der Waals surface area contributed by atoms with E-state index in [9.17, 15) is 0 Å². The first-order valence-corrected chi connectivity index (χ1v) is 6.95. The molecule has 4 heteroatoms. The molecule has 0 atom stereocenters. The van der Waals surface area contributed by atoms with Gasteiger partial charge in [0.25, 0.3) is 0 Å². The van der Waals surface area contributed by atoms with Gasteiger partial charge in [-0.05, 0) is 36.2 Å². The zero-order valence-electron chi connectivity index (χ0n) is 10.4. The van der Waals surface area contributed by atoms with E-state index in [0.717, 1.165) is 28.7 Å². The number of halogens is 1. The van der Waals surface area contributed by atoms with Crippen LogP contribution < -0.4 is 10.6 Å². The highest BCUT2D eigenvalue weighted by Gasteiger charge is 2.22. The van der Waals surface area contributed by atoms with Gasteiger partial charge in [-0.15, -0.1) is 0 Å². The highest BCUT2D eigenvalue weighted by atomic mass is 79.9. The molecule has 19 heavy (non-hydrogen) atoms. The van der Waals surface area contributed by atoms with Gasteiger partial charge in [0, 0.05) is 22.3 Å². The first kappa shape index (κ1) is 12.2. The maximum absolute atomic E-state index is 7.75. The maximum Gasteiger partial charge on any atom is 0.124 e. The molecule has 0 bridgehead atoms. The molecule has 0 unspecified atom stereocenters. The molecule has 1 heterocycles. The quantitative estimate of drug-likeness (QED) is 0.659. The SMILES string of the molecule is N=C(N)c1cc(Br)ccc1N1CCc2ccccc21. The molecule has 0 radical (unpaired) electrons. The Kier molecular flexibility index (Phi) is 3.03. The van der Waals surface area contributed by atoms with Gasteiger partial charge in [-0.3, -0.25) is 5.41 Å². The van der Waals surface area contributed by atoms with Gasteiger partial charge in [0.15, 0.2) is 0 Å². The Labute approximate surface area is 120 Å². The van der Waals surface area contributed by atoms with Crippen LogP contribution in [0.2, 0.25) is 0 Å². The third-order valence-electron chi connectivity index (χ3n) is 3.43. The van der Waals surface area contributed by atoms with Crippen molar-refractivity contribution in [3.8, 4) is 0 Å². The number of nitrogen functional groups attached to an aromatic ring is 1. The summed E-state index contributed by atoms with van der Waals surface area (Å²) in [6.45, 7) is 0.932. The Balaban J connectivity index is 2.12. The highest BCUT2D eigenvalue weighted by molar-refractivity contribution is 9.10. The number of fused-ring (bicyclic) bond motifs is 1. The normalized spacial score (nSPS) is 13.4. The average Bonchev–Trinajstić information content (AvgIpc) is 2.82. The van der Waals surface area contributed by atoms with Crippen LogP contribution in [0.1, 0.15) is 11.1 Å². The van der Waals surface area contributed by atoms with Crippen LogP contribution in [-0.2, 0) is 6.42 Å². The van der Waals surface area contributed by atoms with E-state index in [-0.39, 0.29) is 5.84 Å². The summed E-state index contributed by atoms with van der Waals surface area (Å²) in [5.74, 6) is 0.0979. The molecule has 0 aromatic heterocycles. The van der Waals surface area contributed by atoms with Crippen LogP contribution in [0.5, 0.6) is 0 Å². The molecule has 3 N–H and O–H groups in total. The van der Waals surface area contributed by atoms with Crippen LogP contribution in [0.15, 0.2) is 46.9 Å². The second-order valence-corrected chi connectivity index (χ2v) is 5.52. The summed E-state index contributed by atoms with van der Waals surface area (Å²) in [6.07, 6.45) is 1.03. The standard InChI is InChI=1S/C15H14BrN3/c16-11-5-6-14(12(9-11)15(17)18)19-8-7-10-3-1-2-4-13(10)19/h1-6,9H,7-8H2,(H3,17,18). The predicted octanol–water partition coefficient (Wildman–Crippen LogP) is 3.43. The molecule has 3 rings (SSSR count). The molecule has 0 spiro atoms. The van der Waals surface area contributed by atoms with Crippen molar-refractivity contribution in [2.24, 2.45) is 5.73 Å². The minimum absolute atomic E-state index is 0.0979. The van der Waals surface area contributed by atoms with E-state index in [4.69, 9.17) is 11.1 Å². The van der Waals surface area contributed by atoms with Crippen molar-refractivity contribution in [1.82, 2.24) is 0 Å². The summed E-state index contributed by atoms with van der Waals surface area (Å²) >= 11 is 3.43. The van der Waals surface area contributed by atoms with Gasteiger partial charge in [0.1, 0.15) is 5.84 Å². The van der Waals surface area contributed by atoms with E-state index in [1.54, 1.807) is 0 Å². The summed E-state index contributed by atoms with van der Waals surface area (Å²) < 4.78 is 0.939. The van der Waals surface area contributed by atoms with Gasteiger partial charge < -0.3 is 10.6 Å². The molecule has 3 nitrogen and oxygen atoms in total. The highest BCUT2D eigenvalue weighted by Crippen LogP contribution is 2.36. The molecular formula is C15H14BrN3. The molecule has 96 valence electrons. The van der Waals surface area contributed by atoms with Crippen molar-refractivity contribution in [3.63, 3.8) is 0 Å². The van der Waals surface area contributed by atoms with Gasteiger partial charge in [-0.25, -0.2) is 0 Å². The topological polar surface area (TPSA) is 53.1 Å². The molecule has 0 saturated heterocycles. The summed E-state index contributed by atoms with van der Waals surface area (Å²) in [5, 5.41) is 7.75. The fourth-order valence-corrected chi connectivity index (χ4v) is 2.91. The zero-order valence-corrected chi connectivity index (χ0v) is 11.9.